The van der Waals surface area contributed by atoms with Crippen molar-refractivity contribution in [1.82, 2.24) is 0 Å². The second-order valence-corrected chi connectivity index (χ2v) is 9.14. The summed E-state index contributed by atoms with van der Waals surface area (Å²) in [5.41, 5.74) is 1.60. The molecule has 1 aliphatic rings. The van der Waals surface area contributed by atoms with E-state index in [-0.39, 0.29) is 24.4 Å². The molecule has 0 aromatic heterocycles. The molecule has 0 radical (unpaired) electrons. The first-order chi connectivity index (χ1) is 14.1. The molecule has 2 aromatic rings. The number of fused-ring (bicyclic) bond motifs is 1. The minimum absolute atomic E-state index is 0.0471. The summed E-state index contributed by atoms with van der Waals surface area (Å²) in [6, 6.07) is 9.47. The number of esters is 1. The molecule has 1 unspecified atom stereocenters. The number of sulfonamides is 1. The summed E-state index contributed by atoms with van der Waals surface area (Å²) in [6.45, 7) is 1.74. The van der Waals surface area contributed by atoms with Gasteiger partial charge >= 0.3 is 5.97 Å². The molecule has 1 N–H and O–H groups in total. The molecule has 0 aliphatic carbocycles. The summed E-state index contributed by atoms with van der Waals surface area (Å²) in [4.78, 5) is 24.8. The van der Waals surface area contributed by atoms with Crippen molar-refractivity contribution in [2.24, 2.45) is 0 Å². The lowest BCUT2D eigenvalue weighted by Gasteiger charge is -2.21. The zero-order valence-electron chi connectivity index (χ0n) is 16.6. The first-order valence-corrected chi connectivity index (χ1v) is 11.3. The lowest BCUT2D eigenvalue weighted by atomic mass is 10.1. The van der Waals surface area contributed by atoms with Crippen LogP contribution in [0.2, 0.25) is 5.02 Å². The van der Waals surface area contributed by atoms with E-state index in [4.69, 9.17) is 21.1 Å². The van der Waals surface area contributed by atoms with Gasteiger partial charge in [0.25, 0.3) is 5.91 Å². The largest absolute Gasteiger partial charge is 0.478 e. The zero-order valence-corrected chi connectivity index (χ0v) is 18.2. The molecule has 1 heterocycles. The van der Waals surface area contributed by atoms with E-state index in [1.54, 1.807) is 31.2 Å². The predicted molar refractivity (Wildman–Crippen MR) is 114 cm³/mol. The Morgan fingerprint density at radius 2 is 2.00 bits per heavy atom. The molecule has 0 saturated carbocycles. The highest BCUT2D eigenvalue weighted by Gasteiger charge is 2.31. The first kappa shape index (κ1) is 21.9. The second kappa shape index (κ2) is 8.53. The molecular formula is C20H21ClN2O6S. The third-order valence-corrected chi connectivity index (χ3v) is 6.16. The van der Waals surface area contributed by atoms with Crippen molar-refractivity contribution >= 4 is 44.9 Å². The quantitative estimate of drug-likeness (QED) is 0.715. The number of anilines is 2. The SMILES string of the molecule is COC(=O)c1cccc(NC(=O)C2CCN(S(C)(=O)=O)c3cc(Cl)ccc3O2)c1C. The van der Waals surface area contributed by atoms with Crippen molar-refractivity contribution in [3.8, 4) is 5.75 Å². The van der Waals surface area contributed by atoms with E-state index < -0.39 is 28.0 Å². The van der Waals surface area contributed by atoms with Gasteiger partial charge < -0.3 is 14.8 Å². The van der Waals surface area contributed by atoms with Crippen LogP contribution < -0.4 is 14.4 Å². The Morgan fingerprint density at radius 3 is 2.67 bits per heavy atom. The normalized spacial score (nSPS) is 16.1. The van der Waals surface area contributed by atoms with Crippen molar-refractivity contribution in [3.63, 3.8) is 0 Å². The Hall–Kier alpha value is -2.78. The van der Waals surface area contributed by atoms with Gasteiger partial charge in [-0.15, -0.1) is 0 Å². The third-order valence-electron chi connectivity index (χ3n) is 4.74. The van der Waals surface area contributed by atoms with Crippen LogP contribution in [0.3, 0.4) is 0 Å². The molecule has 1 atom stereocenters. The molecule has 1 aliphatic heterocycles. The maximum Gasteiger partial charge on any atom is 0.338 e. The Balaban J connectivity index is 1.88. The average Bonchev–Trinajstić information content (AvgIpc) is 2.88. The van der Waals surface area contributed by atoms with Crippen LogP contribution >= 0.6 is 11.6 Å². The Morgan fingerprint density at radius 1 is 1.27 bits per heavy atom. The second-order valence-electron chi connectivity index (χ2n) is 6.80. The van der Waals surface area contributed by atoms with Gasteiger partial charge in [0.15, 0.2) is 6.10 Å². The third kappa shape index (κ3) is 4.52. The van der Waals surface area contributed by atoms with Gasteiger partial charge in [-0.3, -0.25) is 9.10 Å². The molecule has 0 fully saturated rings. The number of hydrogen-bond acceptors (Lipinski definition) is 6. The maximum atomic E-state index is 12.9. The van der Waals surface area contributed by atoms with Gasteiger partial charge in [0, 0.05) is 23.7 Å². The van der Waals surface area contributed by atoms with E-state index >= 15 is 0 Å². The van der Waals surface area contributed by atoms with Crippen LogP contribution in [0.1, 0.15) is 22.3 Å². The lowest BCUT2D eigenvalue weighted by molar-refractivity contribution is -0.122. The number of nitrogens with one attached hydrogen (secondary N) is 1. The van der Waals surface area contributed by atoms with Crippen molar-refractivity contribution < 1.29 is 27.5 Å². The van der Waals surface area contributed by atoms with Gasteiger partial charge in [-0.25, -0.2) is 13.2 Å². The van der Waals surface area contributed by atoms with Gasteiger partial charge in [-0.1, -0.05) is 17.7 Å². The number of nitrogens with zero attached hydrogens (tertiary/aromatic N) is 1. The fourth-order valence-electron chi connectivity index (χ4n) is 3.20. The fraction of sp³-hybridized carbons (Fsp3) is 0.300. The van der Waals surface area contributed by atoms with Gasteiger partial charge in [0.1, 0.15) is 5.75 Å². The molecule has 160 valence electrons. The highest BCUT2D eigenvalue weighted by Crippen LogP contribution is 2.36. The van der Waals surface area contributed by atoms with Crippen LogP contribution in [0.5, 0.6) is 5.75 Å². The monoisotopic (exact) mass is 452 g/mol. The molecule has 3 rings (SSSR count). The average molecular weight is 453 g/mol. The van der Waals surface area contributed by atoms with E-state index in [1.165, 1.54) is 23.5 Å². The van der Waals surface area contributed by atoms with Gasteiger partial charge in [0.2, 0.25) is 10.0 Å². The number of benzene rings is 2. The number of carbonyl (C=O) groups is 2. The Labute approximate surface area is 179 Å². The number of hydrogen-bond donors (Lipinski definition) is 1. The van der Waals surface area contributed by atoms with Crippen molar-refractivity contribution in [2.75, 3.05) is 29.5 Å². The summed E-state index contributed by atoms with van der Waals surface area (Å²) in [7, 11) is -2.32. The molecule has 10 heteroatoms. The molecule has 0 spiro atoms. The molecule has 1 amide bonds. The summed E-state index contributed by atoms with van der Waals surface area (Å²) in [5.74, 6) is -0.734. The van der Waals surface area contributed by atoms with Gasteiger partial charge in [-0.05, 0) is 42.8 Å². The molecular weight excluding hydrogens is 432 g/mol. The number of methoxy groups -OCH3 is 1. The fourth-order valence-corrected chi connectivity index (χ4v) is 4.30. The zero-order chi connectivity index (χ0) is 22.1. The molecule has 30 heavy (non-hydrogen) atoms. The van der Waals surface area contributed by atoms with Gasteiger partial charge in [0.05, 0.1) is 24.6 Å². The van der Waals surface area contributed by atoms with E-state index in [2.05, 4.69) is 5.32 Å². The van der Waals surface area contributed by atoms with Crippen LogP contribution in [0.25, 0.3) is 0 Å². The molecule has 0 saturated heterocycles. The van der Waals surface area contributed by atoms with Crippen LogP contribution in [0, 0.1) is 6.92 Å². The maximum absolute atomic E-state index is 12.9. The minimum atomic E-state index is -3.60. The van der Waals surface area contributed by atoms with Crippen LogP contribution in [-0.2, 0) is 19.6 Å². The van der Waals surface area contributed by atoms with Crippen molar-refractivity contribution in [3.05, 3.63) is 52.5 Å². The summed E-state index contributed by atoms with van der Waals surface area (Å²) >= 11 is 6.03. The van der Waals surface area contributed by atoms with Crippen LogP contribution in [-0.4, -0.2) is 46.3 Å². The van der Waals surface area contributed by atoms with Crippen molar-refractivity contribution in [2.45, 2.75) is 19.4 Å². The Kier molecular flexibility index (Phi) is 6.23. The summed E-state index contributed by atoms with van der Waals surface area (Å²) < 4.78 is 36.2. The first-order valence-electron chi connectivity index (χ1n) is 9.04. The number of rotatable bonds is 4. The lowest BCUT2D eigenvalue weighted by Crippen LogP contribution is -2.36. The smallest absolute Gasteiger partial charge is 0.338 e. The highest BCUT2D eigenvalue weighted by atomic mass is 35.5. The number of carbonyl (C=O) groups excluding carboxylic acids is 2. The number of ether oxygens (including phenoxy) is 2. The van der Waals surface area contributed by atoms with Crippen LogP contribution in [0.15, 0.2) is 36.4 Å². The summed E-state index contributed by atoms with van der Waals surface area (Å²) in [5, 5.41) is 3.11. The van der Waals surface area contributed by atoms with E-state index in [9.17, 15) is 18.0 Å². The number of amides is 1. The molecule has 0 bridgehead atoms. The van der Waals surface area contributed by atoms with Crippen molar-refractivity contribution in [1.29, 1.82) is 0 Å². The standard InChI is InChI=1S/C20H21ClN2O6S/c1-12-14(20(25)28-2)5-4-6-15(12)22-19(24)18-9-10-23(30(3,26)27)16-11-13(21)7-8-17(16)29-18/h4-8,11,18H,9-10H2,1-3H3,(H,22,24). The Bertz CT molecular complexity index is 1100. The van der Waals surface area contributed by atoms with Crippen LogP contribution in [0.4, 0.5) is 11.4 Å². The number of halogens is 1. The minimum Gasteiger partial charge on any atom is -0.478 e. The topological polar surface area (TPSA) is 102 Å². The van der Waals surface area contributed by atoms with E-state index in [0.717, 1.165) is 6.26 Å². The predicted octanol–water partition coefficient (Wildman–Crippen LogP) is 2.99. The summed E-state index contributed by atoms with van der Waals surface area (Å²) in [6.07, 6.45) is 0.263. The highest BCUT2D eigenvalue weighted by molar-refractivity contribution is 7.92. The molecule has 8 nitrogen and oxygen atoms in total. The van der Waals surface area contributed by atoms with Gasteiger partial charge in [-0.2, -0.15) is 0 Å². The molecule has 2 aromatic carbocycles. The van der Waals surface area contributed by atoms with E-state index in [1.807, 2.05) is 0 Å². The van der Waals surface area contributed by atoms with E-state index in [0.29, 0.717) is 21.8 Å².